The molecule has 0 spiro atoms. The standard InChI is InChI=1S/C7H6F3NO2/c1-13-7-4(12)2-3(5(8)9)6(10)11-7/h2,5,12H,1H3. The zero-order chi connectivity index (χ0) is 10.0. The van der Waals surface area contributed by atoms with E-state index in [1.807, 2.05) is 0 Å². The summed E-state index contributed by atoms with van der Waals surface area (Å²) < 4.78 is 41.1. The Labute approximate surface area is 71.8 Å². The number of halogens is 3. The summed E-state index contributed by atoms with van der Waals surface area (Å²) in [6.45, 7) is 0. The summed E-state index contributed by atoms with van der Waals surface area (Å²) in [4.78, 5) is 2.99. The van der Waals surface area contributed by atoms with E-state index < -0.39 is 29.6 Å². The molecule has 0 aromatic carbocycles. The van der Waals surface area contributed by atoms with Crippen molar-refractivity contribution < 1.29 is 23.0 Å². The lowest BCUT2D eigenvalue weighted by molar-refractivity contribution is 0.144. The molecule has 1 aromatic heterocycles. The van der Waals surface area contributed by atoms with Crippen molar-refractivity contribution in [1.29, 1.82) is 0 Å². The Hall–Kier alpha value is -1.46. The van der Waals surface area contributed by atoms with Gasteiger partial charge in [0.15, 0.2) is 5.75 Å². The van der Waals surface area contributed by atoms with Crippen molar-refractivity contribution in [3.8, 4) is 11.6 Å². The van der Waals surface area contributed by atoms with Gasteiger partial charge in [-0.3, -0.25) is 0 Å². The maximum absolute atomic E-state index is 12.7. The van der Waals surface area contributed by atoms with Crippen molar-refractivity contribution in [2.45, 2.75) is 6.43 Å². The third kappa shape index (κ3) is 1.82. The van der Waals surface area contributed by atoms with E-state index in [0.29, 0.717) is 6.07 Å². The molecule has 72 valence electrons. The lowest BCUT2D eigenvalue weighted by Crippen LogP contribution is -1.97. The Balaban J connectivity index is 3.20. The van der Waals surface area contributed by atoms with Gasteiger partial charge in [-0.05, 0) is 6.07 Å². The molecule has 1 heterocycles. The van der Waals surface area contributed by atoms with E-state index in [2.05, 4.69) is 9.72 Å². The molecule has 0 fully saturated rings. The zero-order valence-corrected chi connectivity index (χ0v) is 6.59. The zero-order valence-electron chi connectivity index (χ0n) is 6.59. The molecule has 0 unspecified atom stereocenters. The first kappa shape index (κ1) is 9.63. The van der Waals surface area contributed by atoms with Gasteiger partial charge in [-0.2, -0.15) is 9.37 Å². The van der Waals surface area contributed by atoms with Crippen LogP contribution in [0.15, 0.2) is 6.07 Å². The second kappa shape index (κ2) is 3.51. The van der Waals surface area contributed by atoms with E-state index >= 15 is 0 Å². The van der Waals surface area contributed by atoms with Crippen molar-refractivity contribution in [3.63, 3.8) is 0 Å². The maximum Gasteiger partial charge on any atom is 0.268 e. The highest BCUT2D eigenvalue weighted by molar-refractivity contribution is 5.35. The van der Waals surface area contributed by atoms with Crippen molar-refractivity contribution in [2.75, 3.05) is 7.11 Å². The van der Waals surface area contributed by atoms with Gasteiger partial charge < -0.3 is 9.84 Å². The van der Waals surface area contributed by atoms with Crippen LogP contribution < -0.4 is 4.74 Å². The Bertz CT molecular complexity index is 317. The summed E-state index contributed by atoms with van der Waals surface area (Å²) in [6.07, 6.45) is -3.01. The fourth-order valence-corrected chi connectivity index (χ4v) is 0.783. The normalized spacial score (nSPS) is 10.5. The van der Waals surface area contributed by atoms with E-state index in [0.717, 1.165) is 7.11 Å². The van der Waals surface area contributed by atoms with Gasteiger partial charge in [0.05, 0.1) is 12.7 Å². The fourth-order valence-electron chi connectivity index (χ4n) is 0.783. The first-order valence-electron chi connectivity index (χ1n) is 3.27. The topological polar surface area (TPSA) is 42.4 Å². The van der Waals surface area contributed by atoms with E-state index in [9.17, 15) is 13.2 Å². The highest BCUT2D eigenvalue weighted by Crippen LogP contribution is 2.30. The number of hydrogen-bond donors (Lipinski definition) is 1. The molecule has 0 saturated carbocycles. The van der Waals surface area contributed by atoms with Crippen molar-refractivity contribution >= 4 is 0 Å². The smallest absolute Gasteiger partial charge is 0.268 e. The highest BCUT2D eigenvalue weighted by Gasteiger charge is 2.18. The first-order chi connectivity index (χ1) is 6.06. The minimum Gasteiger partial charge on any atom is -0.503 e. The van der Waals surface area contributed by atoms with Crippen LogP contribution in [0, 0.1) is 5.95 Å². The Morgan fingerprint density at radius 3 is 2.62 bits per heavy atom. The molecular weight excluding hydrogens is 187 g/mol. The number of methoxy groups -OCH3 is 1. The number of nitrogens with zero attached hydrogens (tertiary/aromatic N) is 1. The molecule has 0 saturated heterocycles. The molecule has 0 aliphatic heterocycles. The number of ether oxygens (including phenoxy) is 1. The largest absolute Gasteiger partial charge is 0.503 e. The van der Waals surface area contributed by atoms with Gasteiger partial charge in [-0.1, -0.05) is 0 Å². The predicted molar refractivity (Wildman–Crippen MR) is 37.4 cm³/mol. The SMILES string of the molecule is COc1nc(F)c(C(F)F)cc1O. The predicted octanol–water partition coefficient (Wildman–Crippen LogP) is 1.87. The molecule has 6 heteroatoms. The molecular formula is C7H6F3NO2. The van der Waals surface area contributed by atoms with E-state index in [4.69, 9.17) is 5.11 Å². The monoisotopic (exact) mass is 193 g/mol. The van der Waals surface area contributed by atoms with Gasteiger partial charge in [0, 0.05) is 0 Å². The van der Waals surface area contributed by atoms with E-state index in [-0.39, 0.29) is 0 Å². The summed E-state index contributed by atoms with van der Waals surface area (Å²) in [5, 5.41) is 8.98. The molecule has 0 amide bonds. The van der Waals surface area contributed by atoms with Gasteiger partial charge in [0.1, 0.15) is 0 Å². The number of aromatic hydroxyl groups is 1. The van der Waals surface area contributed by atoms with Gasteiger partial charge in [0.2, 0.25) is 5.95 Å². The summed E-state index contributed by atoms with van der Waals surface area (Å²) >= 11 is 0. The lowest BCUT2D eigenvalue weighted by Gasteiger charge is -2.05. The Morgan fingerprint density at radius 2 is 2.15 bits per heavy atom. The third-order valence-electron chi connectivity index (χ3n) is 1.38. The van der Waals surface area contributed by atoms with Crippen LogP contribution in [0.1, 0.15) is 12.0 Å². The van der Waals surface area contributed by atoms with Crippen molar-refractivity contribution in [2.24, 2.45) is 0 Å². The summed E-state index contributed by atoms with van der Waals surface area (Å²) in [6, 6.07) is 0.589. The van der Waals surface area contributed by atoms with Crippen LogP contribution in [0.5, 0.6) is 11.6 Å². The lowest BCUT2D eigenvalue weighted by atomic mass is 10.3. The van der Waals surface area contributed by atoms with Gasteiger partial charge >= 0.3 is 0 Å². The Kier molecular flexibility index (Phi) is 2.60. The van der Waals surface area contributed by atoms with Crippen molar-refractivity contribution in [3.05, 3.63) is 17.6 Å². The third-order valence-corrected chi connectivity index (χ3v) is 1.38. The molecule has 3 nitrogen and oxygen atoms in total. The molecule has 0 aliphatic rings. The Morgan fingerprint density at radius 1 is 1.54 bits per heavy atom. The molecule has 0 aliphatic carbocycles. The fraction of sp³-hybridized carbons (Fsp3) is 0.286. The average molecular weight is 193 g/mol. The van der Waals surface area contributed by atoms with Crippen molar-refractivity contribution in [1.82, 2.24) is 4.98 Å². The van der Waals surface area contributed by atoms with Crippen LogP contribution in [0.25, 0.3) is 0 Å². The van der Waals surface area contributed by atoms with Crippen LogP contribution in [0.2, 0.25) is 0 Å². The molecule has 1 N–H and O–H groups in total. The quantitative estimate of drug-likeness (QED) is 0.729. The summed E-state index contributed by atoms with van der Waals surface area (Å²) in [5.41, 5.74) is -0.946. The molecule has 0 radical (unpaired) electrons. The first-order valence-corrected chi connectivity index (χ1v) is 3.27. The van der Waals surface area contributed by atoms with Crippen LogP contribution >= 0.6 is 0 Å². The molecule has 0 atom stereocenters. The van der Waals surface area contributed by atoms with Crippen LogP contribution in [-0.2, 0) is 0 Å². The number of hydrogen-bond acceptors (Lipinski definition) is 3. The minimum absolute atomic E-state index is 0.415. The summed E-state index contributed by atoms with van der Waals surface area (Å²) in [5.74, 6) is -2.37. The molecule has 1 rings (SSSR count). The second-order valence-corrected chi connectivity index (χ2v) is 2.20. The maximum atomic E-state index is 12.7. The van der Waals surface area contributed by atoms with E-state index in [1.165, 1.54) is 0 Å². The number of rotatable bonds is 2. The van der Waals surface area contributed by atoms with Gasteiger partial charge in [-0.15, -0.1) is 0 Å². The van der Waals surface area contributed by atoms with Gasteiger partial charge in [-0.25, -0.2) is 8.78 Å². The van der Waals surface area contributed by atoms with Gasteiger partial charge in [0.25, 0.3) is 12.3 Å². The summed E-state index contributed by atoms with van der Waals surface area (Å²) in [7, 11) is 1.14. The van der Waals surface area contributed by atoms with Crippen LogP contribution in [0.4, 0.5) is 13.2 Å². The molecule has 0 bridgehead atoms. The highest BCUT2D eigenvalue weighted by atomic mass is 19.3. The minimum atomic E-state index is -3.01. The number of alkyl halides is 2. The molecule has 1 aromatic rings. The number of aromatic nitrogens is 1. The average Bonchev–Trinajstić information content (AvgIpc) is 2.07. The molecule has 13 heavy (non-hydrogen) atoms. The number of pyridine rings is 1. The van der Waals surface area contributed by atoms with Crippen LogP contribution in [-0.4, -0.2) is 17.2 Å². The van der Waals surface area contributed by atoms with E-state index in [1.54, 1.807) is 0 Å². The van der Waals surface area contributed by atoms with Crippen LogP contribution in [0.3, 0.4) is 0 Å². The second-order valence-electron chi connectivity index (χ2n) is 2.20.